The highest BCUT2D eigenvalue weighted by atomic mass is 79.9. The van der Waals surface area contributed by atoms with Gasteiger partial charge in [0.05, 0.1) is 11.7 Å². The van der Waals surface area contributed by atoms with Crippen molar-refractivity contribution >= 4 is 21.6 Å². The van der Waals surface area contributed by atoms with E-state index in [1.54, 1.807) is 18.2 Å². The molecule has 0 aliphatic rings. The van der Waals surface area contributed by atoms with Crippen LogP contribution in [0.3, 0.4) is 0 Å². The highest BCUT2D eigenvalue weighted by molar-refractivity contribution is 9.10. The zero-order valence-corrected chi connectivity index (χ0v) is 13.5. The molecule has 2 aromatic rings. The minimum atomic E-state index is -0.283. The third kappa shape index (κ3) is 4.53. The number of nitrogens with one attached hydrogen (secondary N) is 1. The summed E-state index contributed by atoms with van der Waals surface area (Å²) in [7, 11) is 0. The molecule has 0 bridgehead atoms. The van der Waals surface area contributed by atoms with Gasteiger partial charge >= 0.3 is 0 Å². The highest BCUT2D eigenvalue weighted by Crippen LogP contribution is 2.30. The van der Waals surface area contributed by atoms with E-state index >= 15 is 0 Å². The van der Waals surface area contributed by atoms with Crippen molar-refractivity contribution < 1.29 is 8.78 Å². The van der Waals surface area contributed by atoms with Gasteiger partial charge in [0.15, 0.2) is 0 Å². The van der Waals surface area contributed by atoms with E-state index < -0.39 is 0 Å². The first-order valence-electron chi connectivity index (χ1n) is 7.07. The van der Waals surface area contributed by atoms with Crippen LogP contribution in [0.2, 0.25) is 0 Å². The Balaban J connectivity index is 2.23. The van der Waals surface area contributed by atoms with Gasteiger partial charge in [-0.2, -0.15) is 0 Å². The molecule has 0 fully saturated rings. The average molecular weight is 354 g/mol. The third-order valence-corrected chi connectivity index (χ3v) is 4.07. The number of rotatable bonds is 6. The number of benzene rings is 2. The van der Waals surface area contributed by atoms with Crippen LogP contribution >= 0.6 is 15.9 Å². The molecule has 0 aliphatic carbocycles. The molecule has 0 radical (unpaired) electrons. The van der Waals surface area contributed by atoms with E-state index in [2.05, 4.69) is 28.2 Å². The summed E-state index contributed by atoms with van der Waals surface area (Å²) < 4.78 is 27.3. The summed E-state index contributed by atoms with van der Waals surface area (Å²) in [4.78, 5) is 0. The van der Waals surface area contributed by atoms with Crippen LogP contribution in [0.25, 0.3) is 0 Å². The Morgan fingerprint density at radius 1 is 1.05 bits per heavy atom. The molecule has 1 atom stereocenters. The maximum atomic E-state index is 13.4. The van der Waals surface area contributed by atoms with Gasteiger partial charge < -0.3 is 5.32 Å². The predicted octanol–water partition coefficient (Wildman–Crippen LogP) is 6.07. The number of halogens is 3. The summed E-state index contributed by atoms with van der Waals surface area (Å²) in [6.45, 7) is 2.12. The Kier molecular flexibility index (Phi) is 5.74. The van der Waals surface area contributed by atoms with Gasteiger partial charge in [-0.3, -0.25) is 0 Å². The van der Waals surface area contributed by atoms with E-state index in [4.69, 9.17) is 0 Å². The molecule has 0 saturated heterocycles. The monoisotopic (exact) mass is 353 g/mol. The molecule has 0 spiro atoms. The number of anilines is 1. The Morgan fingerprint density at radius 2 is 1.71 bits per heavy atom. The van der Waals surface area contributed by atoms with E-state index in [9.17, 15) is 8.78 Å². The quantitative estimate of drug-likeness (QED) is 0.664. The second kappa shape index (κ2) is 7.55. The zero-order valence-electron chi connectivity index (χ0n) is 11.9. The van der Waals surface area contributed by atoms with E-state index in [1.165, 1.54) is 24.3 Å². The average Bonchev–Trinajstić information content (AvgIpc) is 2.48. The smallest absolute Gasteiger partial charge is 0.125 e. The fraction of sp³-hybridized carbons (Fsp3) is 0.294. The fourth-order valence-electron chi connectivity index (χ4n) is 2.22. The molecule has 1 unspecified atom stereocenters. The first kappa shape index (κ1) is 16.0. The molecule has 2 rings (SSSR count). The minimum absolute atomic E-state index is 0.0312. The summed E-state index contributed by atoms with van der Waals surface area (Å²) in [5.41, 5.74) is 1.71. The molecule has 112 valence electrons. The number of hydrogen-bond donors (Lipinski definition) is 1. The zero-order chi connectivity index (χ0) is 15.2. The van der Waals surface area contributed by atoms with Crippen LogP contribution < -0.4 is 5.32 Å². The van der Waals surface area contributed by atoms with Crippen molar-refractivity contribution in [1.82, 2.24) is 0 Å². The van der Waals surface area contributed by atoms with Crippen LogP contribution in [-0.2, 0) is 0 Å². The summed E-state index contributed by atoms with van der Waals surface area (Å²) in [6, 6.07) is 11.0. The second-order valence-electron chi connectivity index (χ2n) is 5.01. The molecule has 0 heterocycles. The van der Waals surface area contributed by atoms with E-state index in [0.717, 1.165) is 29.3 Å². The summed E-state index contributed by atoms with van der Waals surface area (Å²) >= 11 is 3.42. The lowest BCUT2D eigenvalue weighted by molar-refractivity contribution is 0.613. The molecule has 4 heteroatoms. The molecule has 0 saturated carbocycles. The fourth-order valence-corrected chi connectivity index (χ4v) is 2.58. The van der Waals surface area contributed by atoms with Gasteiger partial charge in [-0.1, -0.05) is 31.9 Å². The second-order valence-corrected chi connectivity index (χ2v) is 5.87. The summed E-state index contributed by atoms with van der Waals surface area (Å²) in [6.07, 6.45) is 3.02. The van der Waals surface area contributed by atoms with E-state index in [-0.39, 0.29) is 17.7 Å². The topological polar surface area (TPSA) is 12.0 Å². The molecule has 0 aliphatic heterocycles. The lowest BCUT2D eigenvalue weighted by Crippen LogP contribution is -2.11. The maximum Gasteiger partial charge on any atom is 0.125 e. The third-order valence-electron chi connectivity index (χ3n) is 3.38. The van der Waals surface area contributed by atoms with Crippen molar-refractivity contribution in [1.29, 1.82) is 0 Å². The van der Waals surface area contributed by atoms with Gasteiger partial charge in [-0.25, -0.2) is 8.78 Å². The van der Waals surface area contributed by atoms with Gasteiger partial charge in [-0.05, 0) is 58.2 Å². The van der Waals surface area contributed by atoms with Gasteiger partial charge in [0.1, 0.15) is 11.6 Å². The van der Waals surface area contributed by atoms with Crippen LogP contribution in [0.1, 0.15) is 37.8 Å². The van der Waals surface area contributed by atoms with Crippen molar-refractivity contribution in [3.8, 4) is 0 Å². The first-order chi connectivity index (χ1) is 10.1. The summed E-state index contributed by atoms with van der Waals surface area (Å²) in [5, 5.41) is 3.35. The lowest BCUT2D eigenvalue weighted by Gasteiger charge is -2.21. The molecule has 1 N–H and O–H groups in total. The van der Waals surface area contributed by atoms with Crippen molar-refractivity contribution in [3.63, 3.8) is 0 Å². The Hall–Kier alpha value is -1.42. The van der Waals surface area contributed by atoms with Crippen LogP contribution in [-0.4, -0.2) is 0 Å². The summed E-state index contributed by atoms with van der Waals surface area (Å²) in [5.74, 6) is -0.533. The highest BCUT2D eigenvalue weighted by Gasteiger charge is 2.13. The Labute approximate surface area is 132 Å². The molecule has 2 aromatic carbocycles. The molecule has 1 nitrogen and oxygen atoms in total. The predicted molar refractivity (Wildman–Crippen MR) is 86.4 cm³/mol. The first-order valence-corrected chi connectivity index (χ1v) is 7.86. The maximum absolute atomic E-state index is 13.4. The van der Waals surface area contributed by atoms with Crippen molar-refractivity contribution in [2.75, 3.05) is 5.32 Å². The molecule has 0 aromatic heterocycles. The largest absolute Gasteiger partial charge is 0.377 e. The molecule has 21 heavy (non-hydrogen) atoms. The van der Waals surface area contributed by atoms with Crippen LogP contribution in [0.15, 0.2) is 46.9 Å². The van der Waals surface area contributed by atoms with Crippen LogP contribution in [0.4, 0.5) is 14.5 Å². The van der Waals surface area contributed by atoms with Crippen LogP contribution in [0, 0.1) is 11.6 Å². The molecular weight excluding hydrogens is 336 g/mol. The van der Waals surface area contributed by atoms with Crippen molar-refractivity contribution in [2.24, 2.45) is 0 Å². The normalized spacial score (nSPS) is 12.2. The molecular formula is C17H18BrF2N. The van der Waals surface area contributed by atoms with Gasteiger partial charge in [0.2, 0.25) is 0 Å². The van der Waals surface area contributed by atoms with E-state index in [1.807, 2.05) is 0 Å². The van der Waals surface area contributed by atoms with E-state index in [0.29, 0.717) is 5.69 Å². The molecule has 0 amide bonds. The van der Waals surface area contributed by atoms with Gasteiger partial charge in [0.25, 0.3) is 0 Å². The van der Waals surface area contributed by atoms with Crippen LogP contribution in [0.5, 0.6) is 0 Å². The number of hydrogen-bond acceptors (Lipinski definition) is 1. The number of unbranched alkanes of at least 4 members (excludes halogenated alkanes) is 1. The van der Waals surface area contributed by atoms with Gasteiger partial charge in [-0.15, -0.1) is 0 Å². The standard InChI is InChI=1S/C17H18BrF2N/c1-2-3-4-16(12-5-7-13(19)8-6-12)21-17-11-14(20)9-10-15(17)18/h5-11,16,21H,2-4H2,1H3. The lowest BCUT2D eigenvalue weighted by atomic mass is 10.0. The Morgan fingerprint density at radius 3 is 2.38 bits per heavy atom. The SMILES string of the molecule is CCCCC(Nc1cc(F)ccc1Br)c1ccc(F)cc1. The Bertz CT molecular complexity index is 584. The van der Waals surface area contributed by atoms with Gasteiger partial charge in [0, 0.05) is 4.47 Å². The van der Waals surface area contributed by atoms with Crippen molar-refractivity contribution in [3.05, 3.63) is 64.1 Å². The minimum Gasteiger partial charge on any atom is -0.377 e. The van der Waals surface area contributed by atoms with Crippen molar-refractivity contribution in [2.45, 2.75) is 32.2 Å².